The lowest BCUT2D eigenvalue weighted by atomic mass is 10.1. The van der Waals surface area contributed by atoms with Crippen molar-refractivity contribution in [2.45, 2.75) is 13.5 Å². The molecule has 0 atom stereocenters. The molecule has 2 fully saturated rings. The van der Waals surface area contributed by atoms with Gasteiger partial charge in [0.25, 0.3) is 0 Å². The molecular formula is C24H27ClN4O3. The van der Waals surface area contributed by atoms with Crippen molar-refractivity contribution in [2.24, 2.45) is 0 Å². The number of nitrogens with zero attached hydrogens (tertiary/aromatic N) is 4. The monoisotopic (exact) mass is 454 g/mol. The quantitative estimate of drug-likeness (QED) is 0.649. The zero-order chi connectivity index (χ0) is 22.7. The number of hydrogen-bond donors (Lipinski definition) is 0. The molecule has 32 heavy (non-hydrogen) atoms. The third kappa shape index (κ3) is 5.05. The second kappa shape index (κ2) is 9.61. The average molecular weight is 455 g/mol. The van der Waals surface area contributed by atoms with Gasteiger partial charge in [0.2, 0.25) is 5.91 Å². The van der Waals surface area contributed by atoms with Crippen LogP contribution in [0.4, 0.5) is 5.69 Å². The maximum atomic E-state index is 12.8. The molecule has 3 amide bonds. The zero-order valence-electron chi connectivity index (χ0n) is 18.2. The van der Waals surface area contributed by atoms with Gasteiger partial charge < -0.3 is 19.6 Å². The van der Waals surface area contributed by atoms with Crippen LogP contribution in [0.25, 0.3) is 0 Å². The minimum Gasteiger partial charge on any atom is -0.368 e. The third-order valence-electron chi connectivity index (χ3n) is 6.02. The van der Waals surface area contributed by atoms with Crippen molar-refractivity contribution in [3.8, 4) is 0 Å². The Hall–Kier alpha value is -3.06. The van der Waals surface area contributed by atoms with Gasteiger partial charge in [-0.2, -0.15) is 0 Å². The maximum absolute atomic E-state index is 12.8. The maximum Gasteiger partial charge on any atom is 0.312 e. The van der Waals surface area contributed by atoms with Crippen LogP contribution >= 0.6 is 11.6 Å². The number of amides is 3. The van der Waals surface area contributed by atoms with Gasteiger partial charge in [0, 0.05) is 56.5 Å². The molecule has 2 aromatic carbocycles. The van der Waals surface area contributed by atoms with Crippen LogP contribution in [0.15, 0.2) is 48.5 Å². The molecular weight excluding hydrogens is 428 g/mol. The van der Waals surface area contributed by atoms with E-state index in [1.807, 2.05) is 55.5 Å². The fourth-order valence-electron chi connectivity index (χ4n) is 4.08. The van der Waals surface area contributed by atoms with E-state index in [-0.39, 0.29) is 12.5 Å². The van der Waals surface area contributed by atoms with E-state index in [0.717, 1.165) is 16.8 Å². The SMILES string of the molecule is Cc1ccc(CN2CCN(CC(=O)N3CCN(c4cccc(Cl)c4)CC3)C(=O)C2=O)cc1. The highest BCUT2D eigenvalue weighted by Crippen LogP contribution is 2.21. The molecule has 0 aliphatic carbocycles. The number of carbonyl (C=O) groups is 3. The van der Waals surface area contributed by atoms with E-state index < -0.39 is 11.8 Å². The summed E-state index contributed by atoms with van der Waals surface area (Å²) in [5.41, 5.74) is 3.17. The molecule has 2 aliphatic rings. The summed E-state index contributed by atoms with van der Waals surface area (Å²) in [4.78, 5) is 44.9. The number of halogens is 1. The number of anilines is 1. The average Bonchev–Trinajstić information content (AvgIpc) is 2.80. The Morgan fingerprint density at radius 1 is 0.875 bits per heavy atom. The molecule has 2 aliphatic heterocycles. The summed E-state index contributed by atoms with van der Waals surface area (Å²) in [7, 11) is 0. The number of benzene rings is 2. The van der Waals surface area contributed by atoms with Crippen LogP contribution < -0.4 is 4.90 Å². The lowest BCUT2D eigenvalue weighted by Crippen LogP contribution is -2.57. The third-order valence-corrected chi connectivity index (χ3v) is 6.26. The van der Waals surface area contributed by atoms with Crippen LogP contribution in [0.2, 0.25) is 5.02 Å². The van der Waals surface area contributed by atoms with Crippen molar-refractivity contribution < 1.29 is 14.4 Å². The van der Waals surface area contributed by atoms with Gasteiger partial charge >= 0.3 is 11.8 Å². The topological polar surface area (TPSA) is 64.2 Å². The molecule has 8 heteroatoms. The van der Waals surface area contributed by atoms with Crippen LogP contribution in [0.3, 0.4) is 0 Å². The fourth-order valence-corrected chi connectivity index (χ4v) is 4.27. The Morgan fingerprint density at radius 3 is 2.22 bits per heavy atom. The van der Waals surface area contributed by atoms with Gasteiger partial charge in [0.05, 0.1) is 0 Å². The Balaban J connectivity index is 1.28. The van der Waals surface area contributed by atoms with Crippen molar-refractivity contribution in [1.29, 1.82) is 0 Å². The summed E-state index contributed by atoms with van der Waals surface area (Å²) in [6.45, 7) is 5.68. The van der Waals surface area contributed by atoms with Gasteiger partial charge in [0.1, 0.15) is 6.54 Å². The minimum absolute atomic E-state index is 0.0554. The van der Waals surface area contributed by atoms with Crippen molar-refractivity contribution in [3.63, 3.8) is 0 Å². The first-order valence-electron chi connectivity index (χ1n) is 10.8. The predicted molar refractivity (Wildman–Crippen MR) is 123 cm³/mol. The molecule has 2 aromatic rings. The first-order valence-corrected chi connectivity index (χ1v) is 11.2. The van der Waals surface area contributed by atoms with E-state index in [4.69, 9.17) is 11.6 Å². The molecule has 2 saturated heterocycles. The van der Waals surface area contributed by atoms with Gasteiger partial charge in [0.15, 0.2) is 0 Å². The number of piperazine rings is 2. The molecule has 0 unspecified atom stereocenters. The molecule has 2 heterocycles. The first-order chi connectivity index (χ1) is 15.4. The summed E-state index contributed by atoms with van der Waals surface area (Å²) in [5.74, 6) is -1.27. The van der Waals surface area contributed by atoms with Crippen molar-refractivity contribution in [3.05, 3.63) is 64.7 Å². The van der Waals surface area contributed by atoms with E-state index in [1.54, 1.807) is 9.80 Å². The number of hydrogen-bond acceptors (Lipinski definition) is 4. The number of carbonyl (C=O) groups excluding carboxylic acids is 3. The lowest BCUT2D eigenvalue weighted by Gasteiger charge is -2.38. The molecule has 168 valence electrons. The summed E-state index contributed by atoms with van der Waals surface area (Å²) >= 11 is 6.08. The highest BCUT2D eigenvalue weighted by atomic mass is 35.5. The van der Waals surface area contributed by atoms with Crippen LogP contribution in [-0.4, -0.2) is 78.2 Å². The fraction of sp³-hybridized carbons (Fsp3) is 0.375. The summed E-state index contributed by atoms with van der Waals surface area (Å²) in [6, 6.07) is 15.6. The van der Waals surface area contributed by atoms with E-state index in [1.165, 1.54) is 4.90 Å². The van der Waals surface area contributed by atoms with Gasteiger partial charge in [-0.1, -0.05) is 47.5 Å². The van der Waals surface area contributed by atoms with Crippen LogP contribution in [0.1, 0.15) is 11.1 Å². The molecule has 0 spiro atoms. The van der Waals surface area contributed by atoms with Crippen molar-refractivity contribution in [2.75, 3.05) is 50.7 Å². The van der Waals surface area contributed by atoms with Gasteiger partial charge in [-0.3, -0.25) is 14.4 Å². The highest BCUT2D eigenvalue weighted by Gasteiger charge is 2.34. The summed E-state index contributed by atoms with van der Waals surface area (Å²) in [5, 5.41) is 0.686. The summed E-state index contributed by atoms with van der Waals surface area (Å²) < 4.78 is 0. The molecule has 0 radical (unpaired) electrons. The second-order valence-corrected chi connectivity index (χ2v) is 8.72. The largest absolute Gasteiger partial charge is 0.368 e. The van der Waals surface area contributed by atoms with Gasteiger partial charge in [-0.25, -0.2) is 0 Å². The van der Waals surface area contributed by atoms with E-state index in [0.29, 0.717) is 50.8 Å². The molecule has 4 rings (SSSR count). The summed E-state index contributed by atoms with van der Waals surface area (Å²) in [6.07, 6.45) is 0. The van der Waals surface area contributed by atoms with Crippen molar-refractivity contribution >= 4 is 35.0 Å². The number of rotatable bonds is 5. The Morgan fingerprint density at radius 2 is 1.53 bits per heavy atom. The van der Waals surface area contributed by atoms with E-state index in [2.05, 4.69) is 4.90 Å². The van der Waals surface area contributed by atoms with Crippen LogP contribution in [0.5, 0.6) is 0 Å². The minimum atomic E-state index is -0.603. The number of aryl methyl sites for hydroxylation is 1. The standard InChI is InChI=1S/C24H27ClN4O3/c1-18-5-7-19(8-6-18)16-28-13-14-29(24(32)23(28)31)17-22(30)27-11-9-26(10-12-27)21-4-2-3-20(25)15-21/h2-8,15H,9-14,16-17H2,1H3. The highest BCUT2D eigenvalue weighted by molar-refractivity contribution is 6.35. The Labute approximate surface area is 193 Å². The van der Waals surface area contributed by atoms with Gasteiger partial charge in [-0.15, -0.1) is 0 Å². The lowest BCUT2D eigenvalue weighted by molar-refractivity contribution is -0.158. The second-order valence-electron chi connectivity index (χ2n) is 8.29. The Bertz CT molecular complexity index is 1000. The normalized spacial score (nSPS) is 17.2. The van der Waals surface area contributed by atoms with Crippen LogP contribution in [-0.2, 0) is 20.9 Å². The molecule has 0 bridgehead atoms. The van der Waals surface area contributed by atoms with Crippen LogP contribution in [0, 0.1) is 6.92 Å². The predicted octanol–water partition coefficient (Wildman–Crippen LogP) is 2.17. The smallest absolute Gasteiger partial charge is 0.312 e. The van der Waals surface area contributed by atoms with Crippen molar-refractivity contribution in [1.82, 2.24) is 14.7 Å². The first kappa shape index (κ1) is 22.1. The Kier molecular flexibility index (Phi) is 6.65. The molecule has 0 N–H and O–H groups in total. The van der Waals surface area contributed by atoms with E-state index >= 15 is 0 Å². The van der Waals surface area contributed by atoms with E-state index in [9.17, 15) is 14.4 Å². The molecule has 7 nitrogen and oxygen atoms in total. The van der Waals surface area contributed by atoms with Gasteiger partial charge in [-0.05, 0) is 30.7 Å². The molecule has 0 saturated carbocycles. The zero-order valence-corrected chi connectivity index (χ0v) is 18.9. The molecule has 0 aromatic heterocycles.